The molecule has 100 valence electrons. The fourth-order valence-corrected chi connectivity index (χ4v) is 2.42. The number of aromatic nitrogens is 2. The third-order valence-electron chi connectivity index (χ3n) is 2.95. The minimum absolute atomic E-state index is 0.415. The number of rotatable bonds is 3. The van der Waals surface area contributed by atoms with Crippen LogP contribution in [-0.4, -0.2) is 9.97 Å². The van der Waals surface area contributed by atoms with Crippen molar-refractivity contribution in [3.63, 3.8) is 0 Å². The van der Waals surface area contributed by atoms with Crippen LogP contribution < -0.4 is 11.1 Å². The lowest BCUT2D eigenvalue weighted by Gasteiger charge is -2.09. The number of benzene rings is 2. The van der Waals surface area contributed by atoms with Gasteiger partial charge in [0.05, 0.1) is 11.0 Å². The Kier molecular flexibility index (Phi) is 3.52. The minimum atomic E-state index is 0.415. The normalized spacial score (nSPS) is 10.7. The highest BCUT2D eigenvalue weighted by Gasteiger charge is 2.05. The van der Waals surface area contributed by atoms with Crippen molar-refractivity contribution in [2.24, 2.45) is 0 Å². The van der Waals surface area contributed by atoms with E-state index in [1.54, 1.807) is 0 Å². The van der Waals surface area contributed by atoms with Crippen molar-refractivity contribution < 1.29 is 0 Å². The summed E-state index contributed by atoms with van der Waals surface area (Å²) in [6, 6.07) is 15.8. The third kappa shape index (κ3) is 2.72. The second kappa shape index (κ2) is 5.46. The summed E-state index contributed by atoms with van der Waals surface area (Å²) in [6.45, 7) is 0.649. The molecule has 0 amide bonds. The van der Waals surface area contributed by atoms with Crippen molar-refractivity contribution in [2.75, 3.05) is 11.1 Å². The SMILES string of the molecule is Nc1nc2ccccc2nc1NCc1cccc(Br)c1. The van der Waals surface area contributed by atoms with E-state index < -0.39 is 0 Å². The fourth-order valence-electron chi connectivity index (χ4n) is 1.98. The standard InChI is InChI=1S/C15H13BrN4/c16-11-5-3-4-10(8-11)9-18-15-14(17)19-12-6-1-2-7-13(12)20-15/h1-8H,9H2,(H2,17,19)(H,18,20). The first-order valence-electron chi connectivity index (χ1n) is 6.23. The smallest absolute Gasteiger partial charge is 0.169 e. The highest BCUT2D eigenvalue weighted by atomic mass is 79.9. The molecule has 4 nitrogen and oxygen atoms in total. The number of nitrogens with zero attached hydrogens (tertiary/aromatic N) is 2. The van der Waals surface area contributed by atoms with E-state index >= 15 is 0 Å². The molecule has 0 saturated carbocycles. The molecule has 0 saturated heterocycles. The van der Waals surface area contributed by atoms with Gasteiger partial charge in [0.25, 0.3) is 0 Å². The number of hydrogen-bond acceptors (Lipinski definition) is 4. The molecular weight excluding hydrogens is 316 g/mol. The zero-order valence-corrected chi connectivity index (χ0v) is 12.3. The number of para-hydroxylation sites is 2. The van der Waals surface area contributed by atoms with Crippen LogP contribution in [0.1, 0.15) is 5.56 Å². The molecule has 0 aliphatic heterocycles. The monoisotopic (exact) mass is 328 g/mol. The molecule has 0 spiro atoms. The molecular formula is C15H13BrN4. The van der Waals surface area contributed by atoms with E-state index in [-0.39, 0.29) is 0 Å². The molecule has 0 atom stereocenters. The Morgan fingerprint density at radius 2 is 1.75 bits per heavy atom. The highest BCUT2D eigenvalue weighted by Crippen LogP contribution is 2.19. The first kappa shape index (κ1) is 12.9. The van der Waals surface area contributed by atoms with E-state index in [1.165, 1.54) is 0 Å². The van der Waals surface area contributed by atoms with Crippen LogP contribution in [-0.2, 0) is 6.54 Å². The van der Waals surface area contributed by atoms with Crippen LogP contribution >= 0.6 is 15.9 Å². The van der Waals surface area contributed by atoms with Crippen molar-refractivity contribution in [1.82, 2.24) is 9.97 Å². The van der Waals surface area contributed by atoms with Gasteiger partial charge < -0.3 is 11.1 Å². The summed E-state index contributed by atoms with van der Waals surface area (Å²) in [5.74, 6) is 1.03. The number of fused-ring (bicyclic) bond motifs is 1. The van der Waals surface area contributed by atoms with Gasteiger partial charge in [-0.2, -0.15) is 0 Å². The summed E-state index contributed by atoms with van der Waals surface area (Å²) in [7, 11) is 0. The molecule has 1 heterocycles. The Bertz CT molecular complexity index is 758. The second-order valence-electron chi connectivity index (χ2n) is 4.43. The van der Waals surface area contributed by atoms with Gasteiger partial charge in [0.2, 0.25) is 0 Å². The van der Waals surface area contributed by atoms with Crippen molar-refractivity contribution in [3.8, 4) is 0 Å². The first-order chi connectivity index (χ1) is 9.72. The molecule has 20 heavy (non-hydrogen) atoms. The van der Waals surface area contributed by atoms with Gasteiger partial charge in [-0.15, -0.1) is 0 Å². The molecule has 2 aromatic carbocycles. The summed E-state index contributed by atoms with van der Waals surface area (Å²) < 4.78 is 1.05. The molecule has 3 aromatic rings. The Hall–Kier alpha value is -2.14. The summed E-state index contributed by atoms with van der Waals surface area (Å²) in [5, 5.41) is 3.23. The molecule has 3 N–H and O–H groups in total. The maximum Gasteiger partial charge on any atom is 0.169 e. The lowest BCUT2D eigenvalue weighted by molar-refractivity contribution is 1.11. The van der Waals surface area contributed by atoms with Crippen molar-refractivity contribution in [2.45, 2.75) is 6.54 Å². The van der Waals surface area contributed by atoms with Crippen molar-refractivity contribution in [3.05, 3.63) is 58.6 Å². The summed E-state index contributed by atoms with van der Waals surface area (Å²) in [5.41, 5.74) is 8.72. The van der Waals surface area contributed by atoms with Crippen LogP contribution in [0.5, 0.6) is 0 Å². The molecule has 0 unspecified atom stereocenters. The average Bonchev–Trinajstić information content (AvgIpc) is 2.45. The van der Waals surface area contributed by atoms with Crippen LogP contribution in [0.15, 0.2) is 53.0 Å². The lowest BCUT2D eigenvalue weighted by atomic mass is 10.2. The highest BCUT2D eigenvalue weighted by molar-refractivity contribution is 9.10. The quantitative estimate of drug-likeness (QED) is 0.771. The van der Waals surface area contributed by atoms with Gasteiger partial charge in [-0.05, 0) is 29.8 Å². The van der Waals surface area contributed by atoms with E-state index in [0.29, 0.717) is 18.2 Å². The van der Waals surface area contributed by atoms with Gasteiger partial charge in [0, 0.05) is 11.0 Å². The maximum atomic E-state index is 5.94. The van der Waals surface area contributed by atoms with Gasteiger partial charge >= 0.3 is 0 Å². The van der Waals surface area contributed by atoms with E-state index in [1.807, 2.05) is 42.5 Å². The van der Waals surface area contributed by atoms with E-state index in [4.69, 9.17) is 5.73 Å². The molecule has 1 aromatic heterocycles. The van der Waals surface area contributed by atoms with Crippen LogP contribution in [0.4, 0.5) is 11.6 Å². The average molecular weight is 329 g/mol. The zero-order valence-electron chi connectivity index (χ0n) is 10.7. The van der Waals surface area contributed by atoms with Crippen LogP contribution in [0.2, 0.25) is 0 Å². The molecule has 0 aliphatic carbocycles. The number of anilines is 2. The van der Waals surface area contributed by atoms with Crippen LogP contribution in [0.25, 0.3) is 11.0 Å². The van der Waals surface area contributed by atoms with Crippen molar-refractivity contribution >= 4 is 38.6 Å². The number of hydrogen-bond donors (Lipinski definition) is 2. The molecule has 0 aliphatic rings. The number of nitrogens with two attached hydrogens (primary N) is 1. The molecule has 0 fully saturated rings. The van der Waals surface area contributed by atoms with E-state index in [0.717, 1.165) is 21.1 Å². The fraction of sp³-hybridized carbons (Fsp3) is 0.0667. The van der Waals surface area contributed by atoms with Crippen LogP contribution in [0, 0.1) is 0 Å². The van der Waals surface area contributed by atoms with Gasteiger partial charge in [-0.3, -0.25) is 0 Å². The summed E-state index contributed by atoms with van der Waals surface area (Å²) >= 11 is 3.45. The summed E-state index contributed by atoms with van der Waals surface area (Å²) in [4.78, 5) is 8.85. The van der Waals surface area contributed by atoms with Gasteiger partial charge in [-0.1, -0.05) is 40.2 Å². The molecule has 0 bridgehead atoms. The Balaban J connectivity index is 1.85. The Labute approximate surface area is 125 Å². The molecule has 3 rings (SSSR count). The molecule has 0 radical (unpaired) electrons. The first-order valence-corrected chi connectivity index (χ1v) is 7.02. The van der Waals surface area contributed by atoms with Gasteiger partial charge in [0.1, 0.15) is 0 Å². The van der Waals surface area contributed by atoms with E-state index in [2.05, 4.69) is 37.3 Å². The zero-order chi connectivity index (χ0) is 13.9. The minimum Gasteiger partial charge on any atom is -0.381 e. The van der Waals surface area contributed by atoms with Crippen molar-refractivity contribution in [1.29, 1.82) is 0 Å². The van der Waals surface area contributed by atoms with Gasteiger partial charge in [0.15, 0.2) is 11.6 Å². The summed E-state index contributed by atoms with van der Waals surface area (Å²) in [6.07, 6.45) is 0. The third-order valence-corrected chi connectivity index (χ3v) is 3.44. The van der Waals surface area contributed by atoms with E-state index in [9.17, 15) is 0 Å². The largest absolute Gasteiger partial charge is 0.381 e. The lowest BCUT2D eigenvalue weighted by Crippen LogP contribution is -2.06. The predicted octanol–water partition coefficient (Wildman–Crippen LogP) is 3.59. The topological polar surface area (TPSA) is 63.8 Å². The van der Waals surface area contributed by atoms with Gasteiger partial charge in [-0.25, -0.2) is 9.97 Å². The number of nitrogen functional groups attached to an aromatic ring is 1. The Morgan fingerprint density at radius 1 is 1.00 bits per heavy atom. The maximum absolute atomic E-state index is 5.94. The predicted molar refractivity (Wildman–Crippen MR) is 85.4 cm³/mol. The Morgan fingerprint density at radius 3 is 2.50 bits per heavy atom. The van der Waals surface area contributed by atoms with Crippen LogP contribution in [0.3, 0.4) is 0 Å². The number of nitrogens with one attached hydrogen (secondary N) is 1. The second-order valence-corrected chi connectivity index (χ2v) is 5.35. The molecule has 5 heteroatoms. The number of halogens is 1.